The van der Waals surface area contributed by atoms with Crippen molar-refractivity contribution in [3.05, 3.63) is 30.9 Å². The summed E-state index contributed by atoms with van der Waals surface area (Å²) < 4.78 is 4.12. The monoisotopic (exact) mass is 343 g/mol. The van der Waals surface area contributed by atoms with Crippen molar-refractivity contribution >= 4 is 0 Å². The average molecular weight is 343 g/mol. The van der Waals surface area contributed by atoms with Gasteiger partial charge in [-0.3, -0.25) is 14.5 Å². The molecule has 0 unspecified atom stereocenters. The minimum Gasteiger partial charge on any atom is -0.337 e. The van der Waals surface area contributed by atoms with Gasteiger partial charge in [-0.25, -0.2) is 9.97 Å². The van der Waals surface area contributed by atoms with Crippen LogP contribution in [0.5, 0.6) is 0 Å². The normalized spacial score (nSPS) is 27.9. The van der Waals surface area contributed by atoms with Gasteiger partial charge in [0.25, 0.3) is 0 Å². The molecule has 0 aliphatic carbocycles. The van der Waals surface area contributed by atoms with Gasteiger partial charge in [-0.05, 0) is 32.6 Å². The molecule has 2 fully saturated rings. The second kappa shape index (κ2) is 6.88. The van der Waals surface area contributed by atoms with Crippen molar-refractivity contribution in [2.45, 2.75) is 57.9 Å². The van der Waals surface area contributed by atoms with E-state index in [4.69, 9.17) is 0 Å². The molecule has 2 aliphatic rings. The van der Waals surface area contributed by atoms with Crippen molar-refractivity contribution in [1.29, 1.82) is 0 Å². The van der Waals surface area contributed by atoms with Gasteiger partial charge >= 0.3 is 0 Å². The van der Waals surface area contributed by atoms with Crippen molar-refractivity contribution in [3.8, 4) is 0 Å². The average Bonchev–Trinajstić information content (AvgIpc) is 3.28. The van der Waals surface area contributed by atoms with E-state index < -0.39 is 0 Å². The zero-order valence-electron chi connectivity index (χ0n) is 15.5. The topological polar surface area (TPSA) is 55.0 Å². The highest BCUT2D eigenvalue weighted by molar-refractivity contribution is 5.00. The molecule has 2 aromatic heterocycles. The number of aromatic nitrogens is 5. The van der Waals surface area contributed by atoms with Crippen LogP contribution in [-0.4, -0.2) is 65.3 Å². The Kier molecular flexibility index (Phi) is 4.60. The predicted molar refractivity (Wildman–Crippen MR) is 95.8 cm³/mol. The molecule has 0 N–H and O–H groups in total. The van der Waals surface area contributed by atoms with Gasteiger partial charge in [-0.1, -0.05) is 0 Å². The number of rotatable bonds is 5. The van der Waals surface area contributed by atoms with Gasteiger partial charge in [0, 0.05) is 50.7 Å². The Balaban J connectivity index is 1.44. The molecule has 0 radical (unpaired) electrons. The van der Waals surface area contributed by atoms with Crippen LogP contribution in [0.1, 0.15) is 32.5 Å². The molecular formula is C18H29N7. The smallest absolute Gasteiger partial charge is 0.137 e. The first kappa shape index (κ1) is 16.7. The number of hydrogen-bond donors (Lipinski definition) is 0. The number of aryl methyl sites for hydroxylation is 1. The number of fused-ring (bicyclic) bond motifs is 1. The fraction of sp³-hybridized carbons (Fsp3) is 0.722. The third kappa shape index (κ3) is 3.35. The molecule has 7 nitrogen and oxygen atoms in total. The van der Waals surface area contributed by atoms with Crippen LogP contribution in [0.3, 0.4) is 0 Å². The third-order valence-corrected chi connectivity index (χ3v) is 5.90. The molecule has 3 atom stereocenters. The van der Waals surface area contributed by atoms with Gasteiger partial charge in [-0.2, -0.15) is 5.10 Å². The van der Waals surface area contributed by atoms with Crippen LogP contribution in [0, 0.1) is 5.92 Å². The quantitative estimate of drug-likeness (QED) is 0.821. The summed E-state index contributed by atoms with van der Waals surface area (Å²) in [6.07, 6.45) is 9.91. The maximum Gasteiger partial charge on any atom is 0.137 e. The van der Waals surface area contributed by atoms with Crippen molar-refractivity contribution in [2.75, 3.05) is 13.1 Å². The highest BCUT2D eigenvalue weighted by atomic mass is 15.4. The van der Waals surface area contributed by atoms with E-state index >= 15 is 0 Å². The lowest BCUT2D eigenvalue weighted by atomic mass is 9.92. The standard InChI is InChI=1S/C18H29N7/c1-14(2)25-16(10-24-13-19-12-21-24)8-15-9-23(6-4-17(15)25)11-18-20-5-7-22(18)3/h5,7,12-17H,4,6,8-11H2,1-3H3/t15-,16+,17+/m0/s1. The maximum atomic E-state index is 4.50. The van der Waals surface area contributed by atoms with Gasteiger partial charge < -0.3 is 4.57 Å². The first-order valence-electron chi connectivity index (χ1n) is 9.40. The van der Waals surface area contributed by atoms with Crippen molar-refractivity contribution < 1.29 is 0 Å². The van der Waals surface area contributed by atoms with E-state index in [1.165, 1.54) is 19.4 Å². The molecule has 0 amide bonds. The molecule has 25 heavy (non-hydrogen) atoms. The van der Waals surface area contributed by atoms with Crippen LogP contribution in [0.4, 0.5) is 0 Å². The van der Waals surface area contributed by atoms with E-state index in [0.29, 0.717) is 18.1 Å². The molecule has 4 heterocycles. The Hall–Kier alpha value is -1.73. The second-order valence-corrected chi connectivity index (χ2v) is 7.85. The molecule has 2 aromatic rings. The number of piperidine rings is 1. The molecule has 136 valence electrons. The largest absolute Gasteiger partial charge is 0.337 e. The van der Waals surface area contributed by atoms with Gasteiger partial charge in [0.15, 0.2) is 0 Å². The molecule has 0 aromatic carbocycles. The second-order valence-electron chi connectivity index (χ2n) is 7.85. The molecular weight excluding hydrogens is 314 g/mol. The SMILES string of the molecule is CC(C)N1[C@@H](Cn2cncn2)C[C@H]2CN(Cc3nccn3C)CC[C@H]21. The Morgan fingerprint density at radius 3 is 2.88 bits per heavy atom. The van der Waals surface area contributed by atoms with Crippen LogP contribution in [-0.2, 0) is 20.1 Å². The molecule has 0 spiro atoms. The fourth-order valence-corrected chi connectivity index (χ4v) is 4.87. The summed E-state index contributed by atoms with van der Waals surface area (Å²) in [6.45, 7) is 8.91. The molecule has 7 heteroatoms. The summed E-state index contributed by atoms with van der Waals surface area (Å²) in [5, 5.41) is 4.32. The summed E-state index contributed by atoms with van der Waals surface area (Å²) >= 11 is 0. The maximum absolute atomic E-state index is 4.50. The third-order valence-electron chi connectivity index (χ3n) is 5.90. The van der Waals surface area contributed by atoms with Crippen LogP contribution in [0.2, 0.25) is 0 Å². The molecule has 2 saturated heterocycles. The summed E-state index contributed by atoms with van der Waals surface area (Å²) in [7, 11) is 2.08. The number of imidazole rings is 1. The minimum atomic E-state index is 0.560. The zero-order valence-corrected chi connectivity index (χ0v) is 15.5. The Morgan fingerprint density at radius 2 is 2.20 bits per heavy atom. The molecule has 0 saturated carbocycles. The van der Waals surface area contributed by atoms with Crippen LogP contribution in [0.15, 0.2) is 25.0 Å². The van der Waals surface area contributed by atoms with Crippen molar-refractivity contribution in [2.24, 2.45) is 13.0 Å². The van der Waals surface area contributed by atoms with E-state index in [9.17, 15) is 0 Å². The zero-order chi connectivity index (χ0) is 17.4. The van der Waals surface area contributed by atoms with Crippen molar-refractivity contribution in [3.63, 3.8) is 0 Å². The Labute approximate surface area is 149 Å². The number of hydrogen-bond acceptors (Lipinski definition) is 5. The van der Waals surface area contributed by atoms with Gasteiger partial charge in [0.1, 0.15) is 18.5 Å². The summed E-state index contributed by atoms with van der Waals surface area (Å²) in [4.78, 5) is 13.9. The summed E-state index contributed by atoms with van der Waals surface area (Å²) in [5.41, 5.74) is 0. The number of likely N-dealkylation sites (tertiary alicyclic amines) is 2. The summed E-state index contributed by atoms with van der Waals surface area (Å²) in [6, 6.07) is 1.83. The predicted octanol–water partition coefficient (Wildman–Crippen LogP) is 1.38. The van der Waals surface area contributed by atoms with Gasteiger partial charge in [-0.15, -0.1) is 0 Å². The minimum absolute atomic E-state index is 0.560. The lowest BCUT2D eigenvalue weighted by Gasteiger charge is -2.40. The molecule has 4 rings (SSSR count). The van der Waals surface area contributed by atoms with Gasteiger partial charge in [0.05, 0.1) is 13.1 Å². The first-order valence-corrected chi connectivity index (χ1v) is 9.40. The summed E-state index contributed by atoms with van der Waals surface area (Å²) in [5.74, 6) is 1.90. The van der Waals surface area contributed by atoms with E-state index in [0.717, 1.165) is 31.4 Å². The highest BCUT2D eigenvalue weighted by Crippen LogP contribution is 2.37. The van der Waals surface area contributed by atoms with E-state index in [-0.39, 0.29) is 0 Å². The van der Waals surface area contributed by atoms with E-state index in [1.54, 1.807) is 6.33 Å². The lowest BCUT2D eigenvalue weighted by Crippen LogP contribution is -2.49. The Bertz CT molecular complexity index is 677. The van der Waals surface area contributed by atoms with Crippen LogP contribution in [0.25, 0.3) is 0 Å². The fourth-order valence-electron chi connectivity index (χ4n) is 4.87. The van der Waals surface area contributed by atoms with Gasteiger partial charge in [0.2, 0.25) is 0 Å². The van der Waals surface area contributed by atoms with Crippen molar-refractivity contribution in [1.82, 2.24) is 34.1 Å². The lowest BCUT2D eigenvalue weighted by molar-refractivity contribution is 0.0706. The highest BCUT2D eigenvalue weighted by Gasteiger charge is 2.44. The van der Waals surface area contributed by atoms with E-state index in [2.05, 4.69) is 50.3 Å². The van der Waals surface area contributed by atoms with E-state index in [1.807, 2.05) is 23.4 Å². The Morgan fingerprint density at radius 1 is 1.32 bits per heavy atom. The van der Waals surface area contributed by atoms with Crippen LogP contribution >= 0.6 is 0 Å². The first-order chi connectivity index (χ1) is 12.1. The number of nitrogens with zero attached hydrogens (tertiary/aromatic N) is 7. The van der Waals surface area contributed by atoms with Crippen LogP contribution < -0.4 is 0 Å². The molecule has 0 bridgehead atoms. The molecule has 2 aliphatic heterocycles.